The number of rotatable bonds is 3. The summed E-state index contributed by atoms with van der Waals surface area (Å²) < 4.78 is 0. The Morgan fingerprint density at radius 3 is 0.952 bits per heavy atom. The molecule has 0 bridgehead atoms. The van der Waals surface area contributed by atoms with Gasteiger partial charge in [0.1, 0.15) is 0 Å². The molecule has 0 aliphatic carbocycles. The van der Waals surface area contributed by atoms with E-state index in [2.05, 4.69) is 97.7 Å². The van der Waals surface area contributed by atoms with Crippen molar-refractivity contribution in [1.29, 1.82) is 0 Å². The molecule has 0 aliphatic rings. The summed E-state index contributed by atoms with van der Waals surface area (Å²) in [6.45, 7) is 2.41. The number of hydrogen-bond acceptors (Lipinski definition) is 0. The van der Waals surface area contributed by atoms with Gasteiger partial charge in [0.15, 0.2) is 0 Å². The lowest BCUT2D eigenvalue weighted by molar-refractivity contribution is 1.72. The van der Waals surface area contributed by atoms with Crippen LogP contribution in [-0.4, -0.2) is 6.66 Å². The molecule has 3 aromatic carbocycles. The van der Waals surface area contributed by atoms with E-state index in [0.717, 1.165) is 0 Å². The van der Waals surface area contributed by atoms with Crippen LogP contribution in [0.15, 0.2) is 91.0 Å². The van der Waals surface area contributed by atoms with Gasteiger partial charge in [0, 0.05) is 0 Å². The molecule has 0 atom stereocenters. The van der Waals surface area contributed by atoms with Gasteiger partial charge in [0.05, 0.1) is 0 Å². The van der Waals surface area contributed by atoms with Crippen molar-refractivity contribution >= 4 is 35.6 Å². The first-order valence-electron chi connectivity index (χ1n) is 6.85. The van der Waals surface area contributed by atoms with Crippen molar-refractivity contribution in [2.24, 2.45) is 0 Å². The maximum Gasteiger partial charge on any atom is -0.0199 e. The Labute approximate surface area is 133 Å². The summed E-state index contributed by atoms with van der Waals surface area (Å²) in [5.74, 6) is 0. The van der Waals surface area contributed by atoms with E-state index in [-0.39, 0.29) is 12.4 Å². The Morgan fingerprint density at radius 1 is 0.476 bits per heavy atom. The minimum absolute atomic E-state index is 0. The van der Waals surface area contributed by atoms with Crippen LogP contribution >= 0.6 is 19.7 Å². The average molecular weight is 314 g/mol. The van der Waals surface area contributed by atoms with Gasteiger partial charge in [-0.25, -0.2) is 0 Å². The van der Waals surface area contributed by atoms with Crippen molar-refractivity contribution in [2.75, 3.05) is 6.66 Å². The molecule has 0 saturated carbocycles. The van der Waals surface area contributed by atoms with Crippen molar-refractivity contribution in [3.8, 4) is 0 Å². The smallest absolute Gasteiger partial charge is 0.0199 e. The van der Waals surface area contributed by atoms with Crippen LogP contribution < -0.4 is 15.9 Å². The fourth-order valence-corrected chi connectivity index (χ4v) is 5.83. The van der Waals surface area contributed by atoms with Crippen LogP contribution in [0.1, 0.15) is 0 Å². The van der Waals surface area contributed by atoms with Crippen molar-refractivity contribution in [3.63, 3.8) is 0 Å². The Balaban J connectivity index is 0.00000161. The molecule has 0 amide bonds. The molecule has 3 rings (SSSR count). The van der Waals surface area contributed by atoms with E-state index in [0.29, 0.717) is 0 Å². The Kier molecular flexibility index (Phi) is 5.17. The fourth-order valence-electron chi connectivity index (χ4n) is 2.63. The molecule has 1 radical (unpaired) electrons. The normalized spacial score (nSPS) is 10.7. The van der Waals surface area contributed by atoms with Crippen LogP contribution in [0.2, 0.25) is 0 Å². The lowest BCUT2D eigenvalue weighted by Crippen LogP contribution is -2.30. The average Bonchev–Trinajstić information content (AvgIpc) is 2.56. The molecule has 2 heteroatoms. The maximum absolute atomic E-state index is 2.41. The van der Waals surface area contributed by atoms with Gasteiger partial charge in [0.2, 0.25) is 0 Å². The molecule has 0 heterocycles. The van der Waals surface area contributed by atoms with Crippen molar-refractivity contribution in [1.82, 2.24) is 0 Å². The number of halogens is 1. The summed E-state index contributed by atoms with van der Waals surface area (Å²) in [5.41, 5.74) is 0. The monoisotopic (exact) mass is 313 g/mol. The van der Waals surface area contributed by atoms with E-state index in [1.165, 1.54) is 15.9 Å². The molecule has 3 aromatic rings. The summed E-state index contributed by atoms with van der Waals surface area (Å²) in [5, 5.41) is 4.28. The molecule has 0 aliphatic heterocycles. The molecule has 107 valence electrons. The minimum Gasteiger partial charge on any atom is -0.147 e. The second-order valence-corrected chi connectivity index (χ2v) is 8.57. The lowest BCUT2D eigenvalue weighted by atomic mass is 10.4. The molecule has 0 saturated heterocycles. The lowest BCUT2D eigenvalue weighted by Gasteiger charge is -2.34. The fraction of sp³-hybridized carbons (Fsp3) is 0.0526. The summed E-state index contributed by atoms with van der Waals surface area (Å²) in [6, 6.07) is 32.6. The third kappa shape index (κ3) is 3.02. The molecule has 0 nitrogen and oxygen atoms in total. The Hall–Kier alpha value is -1.62. The number of benzene rings is 3. The van der Waals surface area contributed by atoms with Gasteiger partial charge in [-0.05, 0) is 29.8 Å². The van der Waals surface area contributed by atoms with Crippen molar-refractivity contribution in [3.05, 3.63) is 91.0 Å². The third-order valence-corrected chi connectivity index (χ3v) is 7.81. The predicted octanol–water partition coefficient (Wildman–Crippen LogP) is 4.03. The molecule has 21 heavy (non-hydrogen) atoms. The van der Waals surface area contributed by atoms with E-state index < -0.39 is 7.26 Å². The Morgan fingerprint density at radius 2 is 0.714 bits per heavy atom. The number of hydrogen-bond donors (Lipinski definition) is 0. The van der Waals surface area contributed by atoms with Gasteiger partial charge < -0.3 is 0 Å². The van der Waals surface area contributed by atoms with Crippen LogP contribution in [0.25, 0.3) is 0 Å². The largest absolute Gasteiger partial charge is 0.147 e. The minimum atomic E-state index is -1.53. The quantitative estimate of drug-likeness (QED) is 0.640. The zero-order valence-electron chi connectivity index (χ0n) is 12.0. The van der Waals surface area contributed by atoms with E-state index in [1.54, 1.807) is 0 Å². The van der Waals surface area contributed by atoms with E-state index >= 15 is 0 Å². The molecule has 0 fully saturated rings. The van der Waals surface area contributed by atoms with Crippen LogP contribution in [0.3, 0.4) is 0 Å². The van der Waals surface area contributed by atoms with Gasteiger partial charge in [-0.1, -0.05) is 91.0 Å². The highest BCUT2D eigenvalue weighted by Crippen LogP contribution is 2.51. The molecular weight excluding hydrogens is 295 g/mol. The van der Waals surface area contributed by atoms with Crippen LogP contribution in [0.4, 0.5) is 0 Å². The zero-order valence-corrected chi connectivity index (χ0v) is 13.7. The van der Waals surface area contributed by atoms with Gasteiger partial charge >= 0.3 is 0 Å². The van der Waals surface area contributed by atoms with Crippen LogP contribution in [0, 0.1) is 0 Å². The highest BCUT2D eigenvalue weighted by molar-refractivity contribution is 7.95. The van der Waals surface area contributed by atoms with Crippen LogP contribution in [-0.2, 0) is 0 Å². The van der Waals surface area contributed by atoms with E-state index in [4.69, 9.17) is 0 Å². The van der Waals surface area contributed by atoms with E-state index in [1.807, 2.05) is 0 Å². The highest BCUT2D eigenvalue weighted by atomic mass is 35.5. The summed E-state index contributed by atoms with van der Waals surface area (Å²) in [6.07, 6.45) is 0. The third-order valence-electron chi connectivity index (χ3n) is 3.82. The molecular formula is C19H19ClP. The summed E-state index contributed by atoms with van der Waals surface area (Å²) >= 11 is 0. The van der Waals surface area contributed by atoms with Crippen molar-refractivity contribution < 1.29 is 0 Å². The van der Waals surface area contributed by atoms with Gasteiger partial charge in [-0.3, -0.25) is 0 Å². The maximum atomic E-state index is 2.41. The van der Waals surface area contributed by atoms with Crippen molar-refractivity contribution in [2.45, 2.75) is 0 Å². The first-order valence-corrected chi connectivity index (χ1v) is 9.09. The molecule has 0 N–H and O–H groups in total. The van der Waals surface area contributed by atoms with Gasteiger partial charge in [0.25, 0.3) is 0 Å². The standard InChI is InChI=1S/C19H18P.ClH/c1-20(17-11-5-2-6-12-17,18-13-7-3-8-14-18)19-15-9-4-10-16-19;/h2-16H,1H3;1H. The first kappa shape index (κ1) is 15.8. The van der Waals surface area contributed by atoms with Gasteiger partial charge in [-0.2, -0.15) is 0 Å². The highest BCUT2D eigenvalue weighted by Gasteiger charge is 2.27. The molecule has 0 spiro atoms. The first-order chi connectivity index (χ1) is 9.82. The zero-order chi connectivity index (χ0) is 13.8. The SMILES string of the molecule is C[P](c1ccccc1)(c1ccccc1)c1ccccc1.Cl. The van der Waals surface area contributed by atoms with Crippen LogP contribution in [0.5, 0.6) is 0 Å². The predicted molar refractivity (Wildman–Crippen MR) is 98.3 cm³/mol. The molecule has 0 unspecified atom stereocenters. The summed E-state index contributed by atoms with van der Waals surface area (Å²) in [7, 11) is -1.53. The second kappa shape index (κ2) is 6.89. The molecule has 0 aromatic heterocycles. The second-order valence-electron chi connectivity index (χ2n) is 5.01. The summed E-state index contributed by atoms with van der Waals surface area (Å²) in [4.78, 5) is 0. The topological polar surface area (TPSA) is 0 Å². The van der Waals surface area contributed by atoms with E-state index in [9.17, 15) is 0 Å². The Bertz CT molecular complexity index is 569. The van der Waals surface area contributed by atoms with Gasteiger partial charge in [-0.15, -0.1) is 12.4 Å².